The monoisotopic (exact) mass is 356 g/mol. The van der Waals surface area contributed by atoms with Crippen LogP contribution in [0.5, 0.6) is 0 Å². The Hall–Kier alpha value is -1.86. The fraction of sp³-hybridized carbons (Fsp3) is 0.706. The molecule has 1 aromatic rings. The van der Waals surface area contributed by atoms with Crippen molar-refractivity contribution in [3.05, 3.63) is 18.0 Å². The van der Waals surface area contributed by atoms with E-state index in [0.29, 0.717) is 38.3 Å². The second-order valence-corrected chi connectivity index (χ2v) is 6.92. The molecule has 0 aromatic carbocycles. The maximum Gasteiger partial charge on any atom is 0.433 e. The highest BCUT2D eigenvalue weighted by molar-refractivity contribution is 5.76. The molecule has 1 aliphatic carbocycles. The van der Waals surface area contributed by atoms with Crippen molar-refractivity contribution in [2.75, 3.05) is 18.0 Å². The molecule has 1 saturated heterocycles. The Morgan fingerprint density at radius 3 is 2.52 bits per heavy atom. The topological polar surface area (TPSA) is 58.1 Å². The maximum absolute atomic E-state index is 12.8. The first-order chi connectivity index (χ1) is 11.9. The number of amides is 1. The molecule has 25 heavy (non-hydrogen) atoms. The van der Waals surface area contributed by atoms with Gasteiger partial charge in [-0.3, -0.25) is 4.79 Å². The summed E-state index contributed by atoms with van der Waals surface area (Å²) in [6.07, 6.45) is 3.35. The predicted molar refractivity (Wildman–Crippen MR) is 87.0 cm³/mol. The number of piperidine rings is 1. The summed E-state index contributed by atoms with van der Waals surface area (Å²) in [6, 6.07) is 0.954. The van der Waals surface area contributed by atoms with Gasteiger partial charge in [-0.25, -0.2) is 9.97 Å². The molecule has 0 radical (unpaired) electrons. The Bertz CT molecular complexity index is 594. The summed E-state index contributed by atoms with van der Waals surface area (Å²) in [6.45, 7) is 1.07. The molecule has 1 N–H and O–H groups in total. The minimum Gasteiger partial charge on any atom is -0.353 e. The van der Waals surface area contributed by atoms with E-state index < -0.39 is 11.9 Å². The third-order valence-corrected chi connectivity index (χ3v) is 5.03. The van der Waals surface area contributed by atoms with Crippen LogP contribution in [0.2, 0.25) is 0 Å². The molecule has 0 unspecified atom stereocenters. The van der Waals surface area contributed by atoms with Crippen molar-refractivity contribution in [3.63, 3.8) is 0 Å². The minimum atomic E-state index is -4.47. The number of nitrogens with one attached hydrogen (secondary N) is 1. The molecule has 0 atom stereocenters. The summed E-state index contributed by atoms with van der Waals surface area (Å²) in [7, 11) is 0. The highest BCUT2D eigenvalue weighted by Gasteiger charge is 2.33. The van der Waals surface area contributed by atoms with Gasteiger partial charge in [0.2, 0.25) is 11.9 Å². The number of alkyl halides is 3. The molecule has 1 aliphatic heterocycles. The highest BCUT2D eigenvalue weighted by atomic mass is 19.4. The second kappa shape index (κ2) is 7.58. The first kappa shape index (κ1) is 17.9. The van der Waals surface area contributed by atoms with Crippen molar-refractivity contribution >= 4 is 11.9 Å². The van der Waals surface area contributed by atoms with Crippen LogP contribution < -0.4 is 10.2 Å². The van der Waals surface area contributed by atoms with Gasteiger partial charge in [0, 0.05) is 31.7 Å². The number of carbonyl (C=O) groups is 1. The zero-order valence-electron chi connectivity index (χ0n) is 14.1. The number of hydrogen-bond donors (Lipinski definition) is 1. The van der Waals surface area contributed by atoms with Gasteiger partial charge in [0.15, 0.2) is 0 Å². The Labute approximate surface area is 145 Å². The van der Waals surface area contributed by atoms with E-state index in [1.54, 1.807) is 4.90 Å². The number of halogens is 3. The van der Waals surface area contributed by atoms with Crippen molar-refractivity contribution in [2.24, 2.45) is 5.92 Å². The van der Waals surface area contributed by atoms with Crippen molar-refractivity contribution in [2.45, 2.75) is 57.2 Å². The van der Waals surface area contributed by atoms with Gasteiger partial charge >= 0.3 is 6.18 Å². The first-order valence-electron chi connectivity index (χ1n) is 8.86. The van der Waals surface area contributed by atoms with Gasteiger partial charge in [-0.15, -0.1) is 0 Å². The Morgan fingerprint density at radius 2 is 1.88 bits per heavy atom. The lowest BCUT2D eigenvalue weighted by Crippen LogP contribution is -2.45. The molecular weight excluding hydrogens is 333 g/mol. The van der Waals surface area contributed by atoms with Gasteiger partial charge in [0.1, 0.15) is 5.69 Å². The average molecular weight is 356 g/mol. The Balaban J connectivity index is 1.49. The van der Waals surface area contributed by atoms with E-state index in [0.717, 1.165) is 25.1 Å². The number of aromatic nitrogens is 2. The molecular formula is C17H23F3N4O. The smallest absolute Gasteiger partial charge is 0.353 e. The summed E-state index contributed by atoms with van der Waals surface area (Å²) in [4.78, 5) is 21.4. The zero-order valence-corrected chi connectivity index (χ0v) is 14.1. The minimum absolute atomic E-state index is 0.0796. The molecule has 2 aliphatic rings. The maximum atomic E-state index is 12.8. The van der Waals surface area contributed by atoms with Crippen LogP contribution in [0.15, 0.2) is 12.3 Å². The number of nitrogens with zero attached hydrogens (tertiary/aromatic N) is 3. The molecule has 5 nitrogen and oxygen atoms in total. The van der Waals surface area contributed by atoms with Crippen LogP contribution in [0.3, 0.4) is 0 Å². The van der Waals surface area contributed by atoms with Crippen LogP contribution in [0.1, 0.15) is 50.6 Å². The summed E-state index contributed by atoms with van der Waals surface area (Å²) in [5, 5.41) is 3.07. The van der Waals surface area contributed by atoms with E-state index in [9.17, 15) is 18.0 Å². The molecule has 0 spiro atoms. The molecule has 0 bridgehead atoms. The largest absolute Gasteiger partial charge is 0.433 e. The number of hydrogen-bond acceptors (Lipinski definition) is 4. The van der Waals surface area contributed by atoms with Crippen molar-refractivity contribution < 1.29 is 18.0 Å². The summed E-state index contributed by atoms with van der Waals surface area (Å²) < 4.78 is 38.3. The molecule has 3 rings (SSSR count). The molecule has 2 fully saturated rings. The van der Waals surface area contributed by atoms with Gasteiger partial charge in [-0.2, -0.15) is 13.2 Å². The third-order valence-electron chi connectivity index (χ3n) is 5.03. The highest BCUT2D eigenvalue weighted by Crippen LogP contribution is 2.29. The number of carbonyl (C=O) groups excluding carboxylic acids is 1. The quantitative estimate of drug-likeness (QED) is 0.900. The van der Waals surface area contributed by atoms with Gasteiger partial charge in [-0.05, 0) is 37.7 Å². The normalized spacial score (nSPS) is 20.0. The van der Waals surface area contributed by atoms with E-state index >= 15 is 0 Å². The van der Waals surface area contributed by atoms with E-state index in [1.807, 2.05) is 0 Å². The summed E-state index contributed by atoms with van der Waals surface area (Å²) >= 11 is 0. The summed E-state index contributed by atoms with van der Waals surface area (Å²) in [5.74, 6) is 0.713. The SMILES string of the molecule is O=C(CC1CCCC1)NC1CCN(c2nccc(C(F)(F)F)n2)CC1. The van der Waals surface area contributed by atoms with Gasteiger partial charge in [0.05, 0.1) is 0 Å². The molecule has 8 heteroatoms. The lowest BCUT2D eigenvalue weighted by Gasteiger charge is -2.32. The molecule has 1 aromatic heterocycles. The molecule has 1 saturated carbocycles. The van der Waals surface area contributed by atoms with E-state index in [4.69, 9.17) is 0 Å². The number of anilines is 1. The van der Waals surface area contributed by atoms with Crippen LogP contribution in [0.4, 0.5) is 19.1 Å². The van der Waals surface area contributed by atoms with Gasteiger partial charge < -0.3 is 10.2 Å². The zero-order chi connectivity index (χ0) is 17.9. The van der Waals surface area contributed by atoms with Crippen LogP contribution in [0.25, 0.3) is 0 Å². The molecule has 1 amide bonds. The van der Waals surface area contributed by atoms with E-state index in [1.165, 1.54) is 12.8 Å². The lowest BCUT2D eigenvalue weighted by atomic mass is 10.0. The van der Waals surface area contributed by atoms with Crippen LogP contribution in [0, 0.1) is 5.92 Å². The van der Waals surface area contributed by atoms with Crippen molar-refractivity contribution in [3.8, 4) is 0 Å². The first-order valence-corrected chi connectivity index (χ1v) is 8.86. The van der Waals surface area contributed by atoms with Crippen LogP contribution >= 0.6 is 0 Å². The predicted octanol–water partition coefficient (Wildman–Crippen LogP) is 3.16. The van der Waals surface area contributed by atoms with Crippen molar-refractivity contribution in [1.82, 2.24) is 15.3 Å². The van der Waals surface area contributed by atoms with E-state index in [-0.39, 0.29) is 17.9 Å². The second-order valence-electron chi connectivity index (χ2n) is 6.92. The Kier molecular flexibility index (Phi) is 5.44. The average Bonchev–Trinajstić information content (AvgIpc) is 3.08. The fourth-order valence-electron chi connectivity index (χ4n) is 3.65. The summed E-state index contributed by atoms with van der Waals surface area (Å²) in [5.41, 5.74) is -0.926. The van der Waals surface area contributed by atoms with Crippen LogP contribution in [-0.2, 0) is 11.0 Å². The molecule has 138 valence electrons. The fourth-order valence-corrected chi connectivity index (χ4v) is 3.65. The van der Waals surface area contributed by atoms with Gasteiger partial charge in [0.25, 0.3) is 0 Å². The van der Waals surface area contributed by atoms with Crippen LogP contribution in [-0.4, -0.2) is 35.0 Å². The molecule has 2 heterocycles. The van der Waals surface area contributed by atoms with Gasteiger partial charge in [-0.1, -0.05) is 12.8 Å². The third kappa shape index (κ3) is 4.83. The number of rotatable bonds is 4. The van der Waals surface area contributed by atoms with E-state index in [2.05, 4.69) is 15.3 Å². The van der Waals surface area contributed by atoms with Crippen molar-refractivity contribution in [1.29, 1.82) is 0 Å². The Morgan fingerprint density at radius 1 is 1.20 bits per heavy atom. The standard InChI is InChI=1S/C17H23F3N4O/c18-17(19,20)14-5-8-21-16(23-14)24-9-6-13(7-10-24)22-15(25)11-12-3-1-2-4-12/h5,8,12-13H,1-4,6-7,9-11H2,(H,22,25). The lowest BCUT2D eigenvalue weighted by molar-refractivity contribution is -0.141.